The molecule has 0 heterocycles. The van der Waals surface area contributed by atoms with Crippen molar-refractivity contribution in [3.63, 3.8) is 0 Å². The van der Waals surface area contributed by atoms with E-state index in [1.807, 2.05) is 0 Å². The van der Waals surface area contributed by atoms with Gasteiger partial charge in [-0.1, -0.05) is 0 Å². The number of hydrogen-bond acceptors (Lipinski definition) is 4. The molecule has 0 rings (SSSR count). The molecule has 0 bridgehead atoms. The van der Waals surface area contributed by atoms with E-state index >= 15 is 0 Å². The summed E-state index contributed by atoms with van der Waals surface area (Å²) < 4.78 is 60.0. The molecule has 56 valence electrons. The molecule has 0 spiro atoms. The van der Waals surface area contributed by atoms with Crippen molar-refractivity contribution < 1.29 is 24.6 Å². The van der Waals surface area contributed by atoms with Crippen LogP contribution in [0.25, 0.3) is 0 Å². The lowest BCUT2D eigenvalue weighted by molar-refractivity contribution is 0.567. The van der Waals surface area contributed by atoms with E-state index in [1.54, 1.807) is 0 Å². The second-order valence-corrected chi connectivity index (χ2v) is 7.80. The van der Waals surface area contributed by atoms with E-state index in [0.717, 1.165) is 0 Å². The topological polar surface area (TPSA) is 68.3 Å². The van der Waals surface area contributed by atoms with Crippen LogP contribution in [-0.2, 0) is 19.7 Å². The van der Waals surface area contributed by atoms with Crippen LogP contribution in [0.1, 0.15) is 0 Å². The van der Waals surface area contributed by atoms with Crippen molar-refractivity contribution in [2.45, 2.75) is 0 Å². The molecular weight excluding hydrogens is 197 g/mol. The molecule has 0 saturated heterocycles. The predicted molar refractivity (Wildman–Crippen MR) is 28.4 cm³/mol. The van der Waals surface area contributed by atoms with Crippen LogP contribution < -0.4 is 0 Å². The highest BCUT2D eigenvalue weighted by Crippen LogP contribution is 2.30. The van der Waals surface area contributed by atoms with Crippen molar-refractivity contribution in [1.29, 1.82) is 0 Å². The molecule has 9 heteroatoms. The molecule has 0 atom stereocenters. The maximum atomic E-state index is 11.3. The predicted octanol–water partition coefficient (Wildman–Crippen LogP) is 0.0935. The Balaban J connectivity index is 4.46. The molecule has 0 aliphatic carbocycles. The van der Waals surface area contributed by atoms with Gasteiger partial charge in [-0.3, -0.25) is 0 Å². The summed E-state index contributed by atoms with van der Waals surface area (Å²) in [5, 5.41) is 0. The maximum Gasteiger partial charge on any atom is 0.333 e. The Morgan fingerprint density at radius 1 is 0.889 bits per heavy atom. The van der Waals surface area contributed by atoms with Gasteiger partial charge in [0, 0.05) is 0 Å². The largest absolute Gasteiger partial charge is 0.333 e. The average Bonchev–Trinajstić information content (AvgIpc) is 1.14. The molecular formula is HF2O4PS2. The van der Waals surface area contributed by atoms with Crippen molar-refractivity contribution in [2.24, 2.45) is 0 Å². The van der Waals surface area contributed by atoms with Crippen molar-refractivity contribution in [3.8, 4) is 0 Å². The van der Waals surface area contributed by atoms with E-state index in [-0.39, 0.29) is 0 Å². The van der Waals surface area contributed by atoms with Gasteiger partial charge < -0.3 is 0 Å². The molecule has 0 radical (unpaired) electrons. The van der Waals surface area contributed by atoms with Crippen LogP contribution in [0.15, 0.2) is 0 Å². The monoisotopic (exact) mass is 198 g/mol. The summed E-state index contributed by atoms with van der Waals surface area (Å²) >= 11 is 0. The van der Waals surface area contributed by atoms with Crippen molar-refractivity contribution >= 4 is 26.7 Å². The first kappa shape index (κ1) is 9.19. The van der Waals surface area contributed by atoms with Gasteiger partial charge >= 0.3 is 19.7 Å². The van der Waals surface area contributed by atoms with Crippen LogP contribution in [0.4, 0.5) is 7.77 Å². The first-order valence-electron chi connectivity index (χ1n) is 1.38. The Hall–Kier alpha value is 0.190. The molecule has 0 aliphatic heterocycles. The van der Waals surface area contributed by atoms with E-state index in [2.05, 4.69) is 0 Å². The summed E-state index contributed by atoms with van der Waals surface area (Å²) in [6, 6.07) is 0. The van der Waals surface area contributed by atoms with Gasteiger partial charge in [0.1, 0.15) is 0 Å². The zero-order valence-electron chi connectivity index (χ0n) is 3.71. The quantitative estimate of drug-likeness (QED) is 0.466. The second-order valence-electron chi connectivity index (χ2n) is 0.959. The van der Waals surface area contributed by atoms with E-state index in [1.165, 1.54) is 0 Å². The maximum absolute atomic E-state index is 11.3. The molecule has 0 aliphatic rings. The SMILES string of the molecule is O=S(=O)(F)PS(=O)(=O)F. The van der Waals surface area contributed by atoms with Crippen LogP contribution in [0.3, 0.4) is 0 Å². The van der Waals surface area contributed by atoms with Gasteiger partial charge in [0.2, 0.25) is 0 Å². The molecule has 0 saturated carbocycles. The summed E-state index contributed by atoms with van der Waals surface area (Å²) in [6.45, 7) is -2.34. The first-order valence-corrected chi connectivity index (χ1v) is 6.60. The zero-order valence-corrected chi connectivity index (χ0v) is 6.34. The molecule has 9 heavy (non-hydrogen) atoms. The lowest BCUT2D eigenvalue weighted by Gasteiger charge is -1.83. The third-order valence-corrected chi connectivity index (χ3v) is 5.38. The summed E-state index contributed by atoms with van der Waals surface area (Å²) in [5.41, 5.74) is 0. The molecule has 0 aromatic rings. The molecule has 0 N–H and O–H groups in total. The Morgan fingerprint density at radius 3 is 1.11 bits per heavy atom. The number of rotatable bonds is 2. The highest BCUT2D eigenvalue weighted by molar-refractivity contribution is 8.73. The normalized spacial score (nSPS) is 13.6. The second kappa shape index (κ2) is 2.43. The van der Waals surface area contributed by atoms with Gasteiger partial charge in [-0.15, -0.1) is 7.77 Å². The van der Waals surface area contributed by atoms with Crippen LogP contribution in [-0.4, -0.2) is 16.8 Å². The highest BCUT2D eigenvalue weighted by atomic mass is 33.1. The Bertz CT molecular complexity index is 242. The van der Waals surface area contributed by atoms with E-state index in [4.69, 9.17) is 0 Å². The standard InChI is InChI=1S/F2HO4PS2/c1-8(3,4)7-9(2,5)6/h7H. The summed E-state index contributed by atoms with van der Waals surface area (Å²) in [6.07, 6.45) is 0. The van der Waals surface area contributed by atoms with Gasteiger partial charge in [-0.05, 0) is 0 Å². The van der Waals surface area contributed by atoms with Gasteiger partial charge in [0.05, 0.1) is 0 Å². The minimum Gasteiger partial charge on any atom is -0.190 e. The molecule has 0 aromatic carbocycles. The summed E-state index contributed by atoms with van der Waals surface area (Å²) in [4.78, 5) is 0. The molecule has 0 aromatic heterocycles. The Morgan fingerprint density at radius 2 is 1.11 bits per heavy atom. The zero-order chi connectivity index (χ0) is 7.71. The number of hydrogen-bond donors (Lipinski definition) is 0. The van der Waals surface area contributed by atoms with Crippen LogP contribution in [0.5, 0.6) is 0 Å². The average molecular weight is 198 g/mol. The van der Waals surface area contributed by atoms with Crippen molar-refractivity contribution in [1.82, 2.24) is 0 Å². The Kier molecular flexibility index (Phi) is 2.48. The van der Waals surface area contributed by atoms with E-state index in [0.29, 0.717) is 0 Å². The summed E-state index contributed by atoms with van der Waals surface area (Å²) in [5.74, 6) is 0. The van der Waals surface area contributed by atoms with E-state index < -0.39 is 26.7 Å². The summed E-state index contributed by atoms with van der Waals surface area (Å²) in [7, 11) is -10.4. The van der Waals surface area contributed by atoms with E-state index in [9.17, 15) is 24.6 Å². The van der Waals surface area contributed by atoms with Crippen LogP contribution in [0, 0.1) is 0 Å². The first-order chi connectivity index (χ1) is 3.71. The highest BCUT2D eigenvalue weighted by Gasteiger charge is 2.20. The van der Waals surface area contributed by atoms with Crippen molar-refractivity contribution in [3.05, 3.63) is 0 Å². The van der Waals surface area contributed by atoms with Crippen LogP contribution >= 0.6 is 6.98 Å². The minimum absolute atomic E-state index is 2.34. The van der Waals surface area contributed by atoms with Gasteiger partial charge in [-0.2, -0.15) is 16.8 Å². The van der Waals surface area contributed by atoms with Crippen LogP contribution in [0.2, 0.25) is 0 Å². The number of halogens is 2. The fourth-order valence-electron chi connectivity index (χ4n) is 0.119. The molecule has 0 unspecified atom stereocenters. The van der Waals surface area contributed by atoms with Gasteiger partial charge in [-0.25, -0.2) is 0 Å². The third kappa shape index (κ3) is 8.19. The van der Waals surface area contributed by atoms with Gasteiger partial charge in [0.15, 0.2) is 6.98 Å². The molecule has 0 fully saturated rings. The Labute approximate surface area is 52.0 Å². The fourth-order valence-corrected chi connectivity index (χ4v) is 3.21. The van der Waals surface area contributed by atoms with Crippen molar-refractivity contribution in [2.75, 3.05) is 0 Å². The lowest BCUT2D eigenvalue weighted by atomic mass is 15.9. The molecule has 0 amide bonds. The minimum atomic E-state index is -5.22. The fraction of sp³-hybridized carbons (Fsp3) is 0. The van der Waals surface area contributed by atoms with Gasteiger partial charge in [0.25, 0.3) is 0 Å². The smallest absolute Gasteiger partial charge is 0.190 e. The molecule has 4 nitrogen and oxygen atoms in total. The third-order valence-electron chi connectivity index (χ3n) is 0.199. The lowest BCUT2D eigenvalue weighted by Crippen LogP contribution is -1.84.